The number of nitrogens with zero attached hydrogens (tertiary/aromatic N) is 1. The molecule has 1 rings (SSSR count). The van der Waals surface area contributed by atoms with Crippen LogP contribution in [0.15, 0.2) is 29.2 Å². The summed E-state index contributed by atoms with van der Waals surface area (Å²) in [6, 6.07) is 4.46. The van der Waals surface area contributed by atoms with Crippen molar-refractivity contribution in [3.8, 4) is 0 Å². The summed E-state index contributed by atoms with van der Waals surface area (Å²) in [4.78, 5) is 10.8. The van der Waals surface area contributed by atoms with Crippen LogP contribution in [0.1, 0.15) is 6.92 Å². The topological polar surface area (TPSA) is 101 Å². The average Bonchev–Trinajstić information content (AvgIpc) is 2.27. The first kappa shape index (κ1) is 13.5. The lowest BCUT2D eigenvalue weighted by Gasteiger charge is -2.20. The number of carboxylic acids is 1. The van der Waals surface area contributed by atoms with E-state index in [0.29, 0.717) is 5.69 Å². The number of carbonyl (C=O) groups is 1. The summed E-state index contributed by atoms with van der Waals surface area (Å²) in [5, 5.41) is 8.78. The molecule has 0 aliphatic rings. The maximum atomic E-state index is 12.0. The fourth-order valence-electron chi connectivity index (χ4n) is 1.17. The number of sulfonamides is 1. The summed E-state index contributed by atoms with van der Waals surface area (Å²) >= 11 is 0. The Morgan fingerprint density at radius 1 is 1.35 bits per heavy atom. The number of rotatable bonds is 4. The minimum Gasteiger partial charge on any atom is -0.480 e. The third-order valence-corrected chi connectivity index (χ3v) is 4.40. The van der Waals surface area contributed by atoms with Crippen LogP contribution in [0.5, 0.6) is 0 Å². The maximum absolute atomic E-state index is 12.0. The minimum atomic E-state index is -3.80. The molecule has 94 valence electrons. The molecule has 0 spiro atoms. The molecule has 3 N–H and O–H groups in total. The molecule has 0 radical (unpaired) electrons. The van der Waals surface area contributed by atoms with Crippen molar-refractivity contribution in [2.75, 3.05) is 12.8 Å². The molecule has 0 fully saturated rings. The van der Waals surface area contributed by atoms with E-state index in [4.69, 9.17) is 10.8 Å². The monoisotopic (exact) mass is 258 g/mol. The number of carboxylic acid groups (broad SMARTS) is 1. The van der Waals surface area contributed by atoms with Gasteiger partial charge in [0.2, 0.25) is 10.0 Å². The quantitative estimate of drug-likeness (QED) is 0.759. The van der Waals surface area contributed by atoms with Crippen molar-refractivity contribution in [1.29, 1.82) is 0 Å². The van der Waals surface area contributed by atoms with Gasteiger partial charge in [-0.05, 0) is 31.2 Å². The van der Waals surface area contributed by atoms with E-state index in [1.165, 1.54) is 38.2 Å². The van der Waals surface area contributed by atoms with Crippen molar-refractivity contribution < 1.29 is 18.3 Å². The average molecular weight is 258 g/mol. The van der Waals surface area contributed by atoms with Crippen molar-refractivity contribution in [3.05, 3.63) is 24.3 Å². The van der Waals surface area contributed by atoms with Gasteiger partial charge >= 0.3 is 5.97 Å². The molecule has 1 unspecified atom stereocenters. The third kappa shape index (κ3) is 2.75. The van der Waals surface area contributed by atoms with Crippen LogP contribution in [0.2, 0.25) is 0 Å². The van der Waals surface area contributed by atoms with E-state index in [9.17, 15) is 13.2 Å². The molecule has 0 heterocycles. The molecule has 0 saturated heterocycles. The van der Waals surface area contributed by atoms with E-state index in [0.717, 1.165) is 4.31 Å². The molecule has 0 amide bonds. The first-order valence-corrected chi connectivity index (χ1v) is 6.27. The Morgan fingerprint density at radius 3 is 2.24 bits per heavy atom. The molecule has 1 aromatic rings. The predicted octanol–water partition coefficient (Wildman–Crippen LogP) is 0.362. The van der Waals surface area contributed by atoms with E-state index in [1.807, 2.05) is 0 Å². The van der Waals surface area contributed by atoms with E-state index >= 15 is 0 Å². The molecule has 0 saturated carbocycles. The molecule has 0 aromatic heterocycles. The molecular weight excluding hydrogens is 244 g/mol. The summed E-state index contributed by atoms with van der Waals surface area (Å²) in [5.74, 6) is -1.20. The molecular formula is C10H14N2O4S. The van der Waals surface area contributed by atoms with Gasteiger partial charge in [0.05, 0.1) is 4.90 Å². The minimum absolute atomic E-state index is 0.0160. The lowest BCUT2D eigenvalue weighted by Crippen LogP contribution is -2.40. The Bertz CT molecular complexity index is 510. The van der Waals surface area contributed by atoms with Crippen LogP contribution in [0.25, 0.3) is 0 Å². The Balaban J connectivity index is 3.11. The molecule has 6 nitrogen and oxygen atoms in total. The van der Waals surface area contributed by atoms with Gasteiger partial charge in [-0.2, -0.15) is 4.31 Å². The van der Waals surface area contributed by atoms with Gasteiger partial charge in [-0.15, -0.1) is 0 Å². The van der Waals surface area contributed by atoms with Gasteiger partial charge in [0.25, 0.3) is 0 Å². The standard InChI is InChI=1S/C10H14N2O4S/c1-7(10(13)14)12(2)17(15,16)9-5-3-8(11)4-6-9/h3-7H,11H2,1-2H3,(H,13,14). The smallest absolute Gasteiger partial charge is 0.321 e. The zero-order chi connectivity index (χ0) is 13.2. The van der Waals surface area contributed by atoms with Crippen LogP contribution in [0, 0.1) is 0 Å². The number of hydrogen-bond donors (Lipinski definition) is 2. The zero-order valence-electron chi connectivity index (χ0n) is 9.49. The number of anilines is 1. The van der Waals surface area contributed by atoms with Crippen molar-refractivity contribution in [2.45, 2.75) is 17.9 Å². The van der Waals surface area contributed by atoms with Gasteiger partial charge in [0.1, 0.15) is 6.04 Å². The van der Waals surface area contributed by atoms with Gasteiger partial charge in [-0.1, -0.05) is 0 Å². The summed E-state index contributed by atoms with van der Waals surface area (Å²) < 4.78 is 24.8. The number of nitrogen functional groups attached to an aromatic ring is 1. The SMILES string of the molecule is CC(C(=O)O)N(C)S(=O)(=O)c1ccc(N)cc1. The summed E-state index contributed by atoms with van der Waals surface area (Å²) in [7, 11) is -2.58. The van der Waals surface area contributed by atoms with Gasteiger partial charge in [0, 0.05) is 12.7 Å². The summed E-state index contributed by atoms with van der Waals surface area (Å²) in [6.45, 7) is 1.30. The number of aliphatic carboxylic acids is 1. The largest absolute Gasteiger partial charge is 0.480 e. The predicted molar refractivity (Wildman–Crippen MR) is 62.9 cm³/mol. The van der Waals surface area contributed by atoms with Crippen LogP contribution < -0.4 is 5.73 Å². The van der Waals surface area contributed by atoms with Crippen LogP contribution in [0.3, 0.4) is 0 Å². The number of hydrogen-bond acceptors (Lipinski definition) is 4. The fourth-order valence-corrected chi connectivity index (χ4v) is 2.49. The van der Waals surface area contributed by atoms with Gasteiger partial charge in [-0.25, -0.2) is 8.42 Å². The highest BCUT2D eigenvalue weighted by Crippen LogP contribution is 2.17. The highest BCUT2D eigenvalue weighted by atomic mass is 32.2. The first-order valence-electron chi connectivity index (χ1n) is 4.83. The molecule has 0 aliphatic carbocycles. The van der Waals surface area contributed by atoms with E-state index in [-0.39, 0.29) is 4.90 Å². The lowest BCUT2D eigenvalue weighted by atomic mass is 10.3. The van der Waals surface area contributed by atoms with Gasteiger partial charge in [-0.3, -0.25) is 4.79 Å². The fraction of sp³-hybridized carbons (Fsp3) is 0.300. The summed E-state index contributed by atoms with van der Waals surface area (Å²) in [6.07, 6.45) is 0. The molecule has 7 heteroatoms. The highest BCUT2D eigenvalue weighted by Gasteiger charge is 2.29. The molecule has 17 heavy (non-hydrogen) atoms. The van der Waals surface area contributed by atoms with Gasteiger partial charge < -0.3 is 10.8 Å². The molecule has 1 atom stereocenters. The van der Waals surface area contributed by atoms with Crippen molar-refractivity contribution >= 4 is 21.7 Å². The second-order valence-electron chi connectivity index (χ2n) is 3.60. The Kier molecular flexibility index (Phi) is 3.74. The third-order valence-electron chi connectivity index (χ3n) is 2.46. The molecule has 0 aliphatic heterocycles. The van der Waals surface area contributed by atoms with Crippen molar-refractivity contribution in [1.82, 2.24) is 4.31 Å². The van der Waals surface area contributed by atoms with Crippen LogP contribution >= 0.6 is 0 Å². The normalized spacial score (nSPS) is 13.6. The van der Waals surface area contributed by atoms with Gasteiger partial charge in [0.15, 0.2) is 0 Å². The van der Waals surface area contributed by atoms with Crippen LogP contribution in [0.4, 0.5) is 5.69 Å². The second-order valence-corrected chi connectivity index (χ2v) is 5.60. The molecule has 1 aromatic carbocycles. The Hall–Kier alpha value is -1.60. The highest BCUT2D eigenvalue weighted by molar-refractivity contribution is 7.89. The lowest BCUT2D eigenvalue weighted by molar-refractivity contribution is -0.140. The van der Waals surface area contributed by atoms with Crippen molar-refractivity contribution in [3.63, 3.8) is 0 Å². The second kappa shape index (κ2) is 4.72. The van der Waals surface area contributed by atoms with Crippen LogP contribution in [-0.2, 0) is 14.8 Å². The first-order chi connectivity index (χ1) is 7.76. The summed E-state index contributed by atoms with van der Waals surface area (Å²) in [5.41, 5.74) is 5.89. The number of nitrogens with two attached hydrogens (primary N) is 1. The van der Waals surface area contributed by atoms with E-state index < -0.39 is 22.0 Å². The Morgan fingerprint density at radius 2 is 1.82 bits per heavy atom. The van der Waals surface area contributed by atoms with Crippen molar-refractivity contribution in [2.24, 2.45) is 0 Å². The Labute approximate surface area is 99.7 Å². The number of benzene rings is 1. The number of likely N-dealkylation sites (N-methyl/N-ethyl adjacent to an activating group) is 1. The maximum Gasteiger partial charge on any atom is 0.321 e. The van der Waals surface area contributed by atoms with Crippen LogP contribution in [-0.4, -0.2) is 36.9 Å². The molecule has 0 bridgehead atoms. The van der Waals surface area contributed by atoms with E-state index in [2.05, 4.69) is 0 Å². The zero-order valence-corrected chi connectivity index (χ0v) is 10.3. The van der Waals surface area contributed by atoms with E-state index in [1.54, 1.807) is 0 Å².